The minimum Gasteiger partial charge on any atom is -0.494 e. The highest BCUT2D eigenvalue weighted by atomic mass is 32.2. The fourth-order valence-corrected chi connectivity index (χ4v) is 3.86. The number of sulfonamides is 1. The molecule has 9 heteroatoms. The summed E-state index contributed by atoms with van der Waals surface area (Å²) in [5.74, 6) is -0.582. The van der Waals surface area contributed by atoms with Crippen LogP contribution in [0.2, 0.25) is 0 Å². The number of benzene rings is 1. The lowest BCUT2D eigenvalue weighted by molar-refractivity contribution is 0.148. The molecule has 0 aliphatic carbocycles. The molecule has 2 rings (SSSR count). The number of nitrogens with zero attached hydrogens (tertiary/aromatic N) is 2. The molecule has 7 nitrogen and oxygen atoms in total. The minimum absolute atomic E-state index is 0.00289. The van der Waals surface area contributed by atoms with Crippen LogP contribution in [0.3, 0.4) is 0 Å². The van der Waals surface area contributed by atoms with Crippen LogP contribution in [0.25, 0.3) is 0 Å². The number of amides is 2. The third-order valence-corrected chi connectivity index (χ3v) is 5.68. The Bertz CT molecular complexity index is 716. The SMILES string of the molecule is COc1ccc(S(=O)(=O)NCC2CCN(C(=O)N(C)C)CC2)cc1F. The van der Waals surface area contributed by atoms with E-state index in [2.05, 4.69) is 4.72 Å². The highest BCUT2D eigenvalue weighted by Crippen LogP contribution is 2.22. The Morgan fingerprint density at radius 2 is 2.00 bits per heavy atom. The van der Waals surface area contributed by atoms with Gasteiger partial charge in [-0.2, -0.15) is 0 Å². The van der Waals surface area contributed by atoms with Gasteiger partial charge in [0, 0.05) is 33.7 Å². The van der Waals surface area contributed by atoms with Gasteiger partial charge in [-0.15, -0.1) is 0 Å². The average molecular weight is 373 g/mol. The number of rotatable bonds is 5. The van der Waals surface area contributed by atoms with Crippen LogP contribution in [0.15, 0.2) is 23.1 Å². The van der Waals surface area contributed by atoms with Gasteiger partial charge in [0.2, 0.25) is 10.0 Å². The Morgan fingerprint density at radius 3 is 2.52 bits per heavy atom. The first kappa shape index (κ1) is 19.5. The van der Waals surface area contributed by atoms with Crippen LogP contribution < -0.4 is 9.46 Å². The van der Waals surface area contributed by atoms with Gasteiger partial charge in [0.25, 0.3) is 0 Å². The molecule has 1 saturated heterocycles. The maximum absolute atomic E-state index is 13.7. The summed E-state index contributed by atoms with van der Waals surface area (Å²) < 4.78 is 45.6. The van der Waals surface area contributed by atoms with E-state index in [9.17, 15) is 17.6 Å². The van der Waals surface area contributed by atoms with Gasteiger partial charge in [0.05, 0.1) is 12.0 Å². The molecule has 2 amide bonds. The van der Waals surface area contributed by atoms with E-state index in [4.69, 9.17) is 4.74 Å². The van der Waals surface area contributed by atoms with Crippen LogP contribution in [-0.4, -0.2) is 65.1 Å². The number of ether oxygens (including phenoxy) is 1. The topological polar surface area (TPSA) is 79.0 Å². The van der Waals surface area contributed by atoms with Crippen LogP contribution in [0.5, 0.6) is 5.75 Å². The number of piperidine rings is 1. The Morgan fingerprint density at radius 1 is 1.36 bits per heavy atom. The number of likely N-dealkylation sites (tertiary alicyclic amines) is 1. The summed E-state index contributed by atoms with van der Waals surface area (Å²) in [4.78, 5) is 15.0. The smallest absolute Gasteiger partial charge is 0.319 e. The summed E-state index contributed by atoms with van der Waals surface area (Å²) in [6.07, 6.45) is 1.44. The lowest BCUT2D eigenvalue weighted by Gasteiger charge is -2.33. The summed E-state index contributed by atoms with van der Waals surface area (Å²) in [7, 11) is 0.943. The first-order chi connectivity index (χ1) is 11.7. The largest absolute Gasteiger partial charge is 0.494 e. The van der Waals surface area contributed by atoms with Crippen molar-refractivity contribution in [3.63, 3.8) is 0 Å². The monoisotopic (exact) mass is 373 g/mol. The molecule has 1 aromatic carbocycles. The van der Waals surface area contributed by atoms with Gasteiger partial charge in [0.15, 0.2) is 11.6 Å². The highest BCUT2D eigenvalue weighted by molar-refractivity contribution is 7.89. The summed E-state index contributed by atoms with van der Waals surface area (Å²) in [5.41, 5.74) is 0. The minimum atomic E-state index is -3.78. The number of urea groups is 1. The quantitative estimate of drug-likeness (QED) is 0.849. The second-order valence-corrected chi connectivity index (χ2v) is 8.02. The average Bonchev–Trinajstić information content (AvgIpc) is 2.59. The van der Waals surface area contributed by atoms with E-state index in [-0.39, 0.29) is 29.1 Å². The standard InChI is InChI=1S/C16H24FN3O4S/c1-19(2)16(21)20-8-6-12(7-9-20)11-18-25(22,23)13-4-5-15(24-3)14(17)10-13/h4-5,10,12,18H,6-9,11H2,1-3H3. The third-order valence-electron chi connectivity index (χ3n) is 4.26. The Balaban J connectivity index is 1.91. The van der Waals surface area contributed by atoms with Crippen LogP contribution in [0, 0.1) is 11.7 Å². The third kappa shape index (κ3) is 4.82. The lowest BCUT2D eigenvalue weighted by atomic mass is 9.97. The first-order valence-electron chi connectivity index (χ1n) is 8.04. The second-order valence-electron chi connectivity index (χ2n) is 6.26. The van der Waals surface area contributed by atoms with Gasteiger partial charge in [-0.05, 0) is 37.0 Å². The van der Waals surface area contributed by atoms with Crippen molar-refractivity contribution in [2.45, 2.75) is 17.7 Å². The molecule has 1 N–H and O–H groups in total. The maximum Gasteiger partial charge on any atom is 0.319 e. The van der Waals surface area contributed by atoms with Crippen LogP contribution in [-0.2, 0) is 10.0 Å². The van der Waals surface area contributed by atoms with Gasteiger partial charge < -0.3 is 14.5 Å². The number of methoxy groups -OCH3 is 1. The van der Waals surface area contributed by atoms with E-state index in [0.717, 1.165) is 18.9 Å². The lowest BCUT2D eigenvalue weighted by Crippen LogP contribution is -2.45. The molecule has 0 saturated carbocycles. The normalized spacial score (nSPS) is 15.9. The molecule has 0 unspecified atom stereocenters. The number of carbonyl (C=O) groups is 1. The fourth-order valence-electron chi connectivity index (χ4n) is 2.74. The maximum atomic E-state index is 13.7. The van der Waals surface area contributed by atoms with Crippen LogP contribution >= 0.6 is 0 Å². The molecular formula is C16H24FN3O4S. The Hall–Kier alpha value is -1.87. The molecule has 25 heavy (non-hydrogen) atoms. The zero-order valence-corrected chi connectivity index (χ0v) is 15.5. The summed E-state index contributed by atoms with van der Waals surface area (Å²) >= 11 is 0. The second kappa shape index (κ2) is 8.01. The van der Waals surface area contributed by atoms with Gasteiger partial charge in [-0.1, -0.05) is 0 Å². The molecule has 0 radical (unpaired) electrons. The number of hydrogen-bond donors (Lipinski definition) is 1. The summed E-state index contributed by atoms with van der Waals surface area (Å²) in [5, 5.41) is 0. The molecule has 1 fully saturated rings. The van der Waals surface area contributed by atoms with Gasteiger partial charge in [0.1, 0.15) is 0 Å². The van der Waals surface area contributed by atoms with Crippen molar-refractivity contribution in [2.24, 2.45) is 5.92 Å². The van der Waals surface area contributed by atoms with E-state index in [1.54, 1.807) is 19.0 Å². The van der Waals surface area contributed by atoms with Crippen molar-refractivity contribution in [1.29, 1.82) is 0 Å². The van der Waals surface area contributed by atoms with Gasteiger partial charge in [-0.3, -0.25) is 0 Å². The number of halogens is 1. The number of carbonyl (C=O) groups excluding carboxylic acids is 1. The molecule has 0 atom stereocenters. The molecule has 0 bridgehead atoms. The van der Waals surface area contributed by atoms with Crippen LogP contribution in [0.1, 0.15) is 12.8 Å². The van der Waals surface area contributed by atoms with Crippen molar-refractivity contribution >= 4 is 16.1 Å². The molecule has 1 heterocycles. The number of hydrogen-bond acceptors (Lipinski definition) is 4. The zero-order valence-electron chi connectivity index (χ0n) is 14.7. The van der Waals surface area contributed by atoms with E-state index in [1.807, 2.05) is 0 Å². The Kier molecular flexibility index (Phi) is 6.23. The first-order valence-corrected chi connectivity index (χ1v) is 9.52. The highest BCUT2D eigenvalue weighted by Gasteiger charge is 2.25. The predicted molar refractivity (Wildman–Crippen MR) is 91.5 cm³/mol. The Labute approximate surface area is 147 Å². The van der Waals surface area contributed by atoms with Crippen LogP contribution in [0.4, 0.5) is 9.18 Å². The van der Waals surface area contributed by atoms with E-state index in [0.29, 0.717) is 13.1 Å². The van der Waals surface area contributed by atoms with E-state index < -0.39 is 15.8 Å². The molecular weight excluding hydrogens is 349 g/mol. The van der Waals surface area contributed by atoms with Crippen molar-refractivity contribution in [2.75, 3.05) is 40.8 Å². The fraction of sp³-hybridized carbons (Fsp3) is 0.562. The van der Waals surface area contributed by atoms with Crippen molar-refractivity contribution in [3.8, 4) is 5.75 Å². The van der Waals surface area contributed by atoms with Crippen molar-refractivity contribution < 1.29 is 22.3 Å². The van der Waals surface area contributed by atoms with Gasteiger partial charge >= 0.3 is 6.03 Å². The zero-order chi connectivity index (χ0) is 18.6. The van der Waals surface area contributed by atoms with E-state index in [1.165, 1.54) is 24.1 Å². The number of nitrogens with one attached hydrogen (secondary N) is 1. The summed E-state index contributed by atoms with van der Waals surface area (Å²) in [6.45, 7) is 1.46. The predicted octanol–water partition coefficient (Wildman–Crippen LogP) is 1.51. The molecule has 0 spiro atoms. The van der Waals surface area contributed by atoms with Crippen molar-refractivity contribution in [3.05, 3.63) is 24.0 Å². The molecule has 1 aliphatic rings. The molecule has 1 aromatic rings. The molecule has 140 valence electrons. The van der Waals surface area contributed by atoms with E-state index >= 15 is 0 Å². The van der Waals surface area contributed by atoms with Crippen molar-refractivity contribution in [1.82, 2.24) is 14.5 Å². The summed E-state index contributed by atoms with van der Waals surface area (Å²) in [6, 6.07) is 3.50. The van der Waals surface area contributed by atoms with Gasteiger partial charge in [-0.25, -0.2) is 22.3 Å². The molecule has 1 aliphatic heterocycles. The molecule has 0 aromatic heterocycles.